The van der Waals surface area contributed by atoms with E-state index >= 15 is 0 Å². The summed E-state index contributed by atoms with van der Waals surface area (Å²) >= 11 is 21.4. The first-order valence-corrected chi connectivity index (χ1v) is 3.37. The Morgan fingerprint density at radius 3 is 1.75 bits per heavy atom. The van der Waals surface area contributed by atoms with Crippen LogP contribution in [0.5, 0.6) is 0 Å². The quantitative estimate of drug-likeness (QED) is 0.591. The van der Waals surface area contributed by atoms with E-state index in [9.17, 15) is 0 Å². The van der Waals surface area contributed by atoms with Crippen LogP contribution in [-0.4, -0.2) is 4.33 Å². The summed E-state index contributed by atoms with van der Waals surface area (Å²) in [6, 6.07) is 0. The van der Waals surface area contributed by atoms with Crippen LogP contribution < -0.4 is 0 Å². The molecule has 0 aromatic rings. The predicted molar refractivity (Wildman–Crippen MR) is 39.4 cm³/mol. The van der Waals surface area contributed by atoms with Crippen LogP contribution in [0.15, 0.2) is 0 Å². The number of hydrogen-bond acceptors (Lipinski definition) is 0. The van der Waals surface area contributed by atoms with Gasteiger partial charge >= 0.3 is 0 Å². The molecule has 0 saturated heterocycles. The molecule has 8 heavy (non-hydrogen) atoms. The van der Waals surface area contributed by atoms with E-state index in [1.807, 2.05) is 0 Å². The fourth-order valence-corrected chi connectivity index (χ4v) is 0.283. The standard InChI is InChI=1S/C4H4Cl4/c1-2-4(7,8)3(5)6/h1-2H2. The molecule has 0 bridgehead atoms. The largest absolute Gasteiger partial charge is 0.186 e. The van der Waals surface area contributed by atoms with Crippen LogP contribution in [0, 0.1) is 11.8 Å². The van der Waals surface area contributed by atoms with Gasteiger partial charge in [0.1, 0.15) is 0 Å². The second-order valence-corrected chi connectivity index (χ2v) is 3.65. The van der Waals surface area contributed by atoms with Gasteiger partial charge in [-0.25, -0.2) is 0 Å². The fourth-order valence-electron chi connectivity index (χ4n) is 0.0945. The Morgan fingerprint density at radius 2 is 1.75 bits per heavy atom. The molecule has 0 spiro atoms. The molecule has 0 aromatic heterocycles. The molecular weight excluding hydrogens is 190 g/mol. The zero-order chi connectivity index (χ0) is 6.78. The van der Waals surface area contributed by atoms with Gasteiger partial charge in [-0.05, 0) is 6.42 Å². The minimum atomic E-state index is -1.18. The van der Waals surface area contributed by atoms with Crippen molar-refractivity contribution in [2.24, 2.45) is 0 Å². The van der Waals surface area contributed by atoms with Crippen molar-refractivity contribution in [1.82, 2.24) is 0 Å². The molecule has 0 saturated carbocycles. The van der Waals surface area contributed by atoms with Crippen molar-refractivity contribution in [3.8, 4) is 0 Å². The van der Waals surface area contributed by atoms with E-state index in [0.29, 0.717) is 0 Å². The van der Waals surface area contributed by atoms with Crippen LogP contribution in [0.25, 0.3) is 0 Å². The smallest absolute Gasteiger partial charge is 0.0982 e. The van der Waals surface area contributed by atoms with Crippen molar-refractivity contribution in [1.29, 1.82) is 0 Å². The average Bonchev–Trinajstić information content (AvgIpc) is 1.67. The first-order valence-electron chi connectivity index (χ1n) is 1.86. The van der Waals surface area contributed by atoms with Gasteiger partial charge in [-0.1, -0.05) is 53.3 Å². The summed E-state index contributed by atoms with van der Waals surface area (Å²) in [5.41, 5.74) is 0. The number of rotatable bonds is 2. The first kappa shape index (κ1) is 9.16. The minimum absolute atomic E-state index is 0.0594. The van der Waals surface area contributed by atoms with Gasteiger partial charge < -0.3 is 0 Å². The van der Waals surface area contributed by atoms with Crippen LogP contribution in [0.1, 0.15) is 6.42 Å². The molecule has 0 fully saturated rings. The molecule has 0 rings (SSSR count). The van der Waals surface area contributed by atoms with Gasteiger partial charge in [-0.2, -0.15) is 0 Å². The lowest BCUT2D eigenvalue weighted by atomic mass is 10.4. The highest BCUT2D eigenvalue weighted by Crippen LogP contribution is 2.40. The lowest BCUT2D eigenvalue weighted by molar-refractivity contribution is 0.928. The summed E-state index contributed by atoms with van der Waals surface area (Å²) in [7, 11) is 0. The highest BCUT2D eigenvalue weighted by Gasteiger charge is 2.30. The van der Waals surface area contributed by atoms with Gasteiger partial charge in [0.25, 0.3) is 0 Å². The molecule has 48 valence electrons. The summed E-state index contributed by atoms with van der Waals surface area (Å²) in [6.45, 7) is 3.42. The van der Waals surface area contributed by atoms with Crippen LogP contribution in [0.3, 0.4) is 0 Å². The molecule has 0 aromatic carbocycles. The van der Waals surface area contributed by atoms with E-state index < -0.39 is 4.33 Å². The van der Waals surface area contributed by atoms with Crippen LogP contribution in [-0.2, 0) is 0 Å². The second-order valence-electron chi connectivity index (χ2n) is 1.21. The van der Waals surface area contributed by atoms with Crippen molar-refractivity contribution in [2.75, 3.05) is 0 Å². The zero-order valence-corrected chi connectivity index (χ0v) is 6.95. The molecular formula is C4H4Cl4. The van der Waals surface area contributed by atoms with Crippen LogP contribution >= 0.6 is 46.4 Å². The molecule has 0 aliphatic heterocycles. The van der Waals surface area contributed by atoms with Crippen molar-refractivity contribution in [2.45, 2.75) is 10.8 Å². The SMILES string of the molecule is [CH2]CC(Cl)(Cl)[C](Cl)Cl. The number of alkyl halides is 2. The third kappa shape index (κ3) is 2.63. The molecule has 2 radical (unpaired) electrons. The first-order chi connectivity index (χ1) is 3.50. The molecule has 0 heterocycles. The van der Waals surface area contributed by atoms with E-state index in [-0.39, 0.29) is 11.3 Å². The topological polar surface area (TPSA) is 0 Å². The van der Waals surface area contributed by atoms with E-state index in [1.54, 1.807) is 0 Å². The lowest BCUT2D eigenvalue weighted by Gasteiger charge is -2.15. The fraction of sp³-hybridized carbons (Fsp3) is 0.500. The average molecular weight is 194 g/mol. The second kappa shape index (κ2) is 3.36. The van der Waals surface area contributed by atoms with Gasteiger partial charge in [0, 0.05) is 0 Å². The zero-order valence-electron chi connectivity index (χ0n) is 3.93. The molecule has 0 aliphatic carbocycles. The van der Waals surface area contributed by atoms with E-state index in [1.165, 1.54) is 0 Å². The Morgan fingerprint density at radius 1 is 1.38 bits per heavy atom. The Bertz CT molecular complexity index is 68.4. The highest BCUT2D eigenvalue weighted by atomic mass is 35.5. The number of hydrogen-bond donors (Lipinski definition) is 0. The molecule has 0 aliphatic rings. The third-order valence-electron chi connectivity index (χ3n) is 0.590. The van der Waals surface area contributed by atoms with Crippen LogP contribution in [0.4, 0.5) is 0 Å². The van der Waals surface area contributed by atoms with Gasteiger partial charge in [0.15, 0.2) is 9.17 Å². The predicted octanol–water partition coefficient (Wildman–Crippen LogP) is 3.35. The summed E-state index contributed by atoms with van der Waals surface area (Å²) in [6.07, 6.45) is 0.262. The van der Waals surface area contributed by atoms with Gasteiger partial charge in [0.05, 0.1) is 0 Å². The highest BCUT2D eigenvalue weighted by molar-refractivity contribution is 6.65. The van der Waals surface area contributed by atoms with E-state index in [0.717, 1.165) is 0 Å². The Hall–Kier alpha value is 1.16. The van der Waals surface area contributed by atoms with Crippen molar-refractivity contribution < 1.29 is 0 Å². The third-order valence-corrected chi connectivity index (χ3v) is 2.38. The summed E-state index contributed by atoms with van der Waals surface area (Å²) in [5.74, 6) is 0. The maximum absolute atomic E-state index is 5.46. The summed E-state index contributed by atoms with van der Waals surface area (Å²) < 4.78 is -1.18. The van der Waals surface area contributed by atoms with E-state index in [4.69, 9.17) is 46.4 Å². The van der Waals surface area contributed by atoms with Crippen molar-refractivity contribution in [3.05, 3.63) is 11.8 Å². The molecule has 4 heteroatoms. The molecule has 0 atom stereocenters. The Kier molecular flexibility index (Phi) is 3.85. The number of halogens is 4. The summed E-state index contributed by atoms with van der Waals surface area (Å²) in [4.78, 5) is -0.0594. The van der Waals surface area contributed by atoms with E-state index in [2.05, 4.69) is 6.92 Å². The monoisotopic (exact) mass is 192 g/mol. The van der Waals surface area contributed by atoms with Crippen LogP contribution in [0.2, 0.25) is 0 Å². The Balaban J connectivity index is 3.71. The normalized spacial score (nSPS) is 12.8. The Labute approximate surface area is 69.0 Å². The molecule has 0 unspecified atom stereocenters. The van der Waals surface area contributed by atoms with Gasteiger partial charge in [-0.3, -0.25) is 0 Å². The summed E-state index contributed by atoms with van der Waals surface area (Å²) in [5, 5.41) is 0. The molecule has 0 amide bonds. The van der Waals surface area contributed by atoms with Crippen molar-refractivity contribution >= 4 is 46.4 Å². The van der Waals surface area contributed by atoms with Gasteiger partial charge in [0.2, 0.25) is 0 Å². The minimum Gasteiger partial charge on any atom is -0.0982 e. The molecule has 0 nitrogen and oxygen atoms in total. The molecule has 0 N–H and O–H groups in total. The lowest BCUT2D eigenvalue weighted by Crippen LogP contribution is -2.13. The maximum Gasteiger partial charge on any atom is 0.186 e. The van der Waals surface area contributed by atoms with Gasteiger partial charge in [-0.15, -0.1) is 0 Å². The van der Waals surface area contributed by atoms with Crippen molar-refractivity contribution in [3.63, 3.8) is 0 Å². The maximum atomic E-state index is 5.46.